The molecule has 0 fully saturated rings. The normalized spacial score (nSPS) is 10.1. The first-order chi connectivity index (χ1) is 9.58. The molecule has 1 N–H and O–H groups in total. The molecule has 0 heterocycles. The van der Waals surface area contributed by atoms with E-state index in [1.807, 2.05) is 25.1 Å². The molecular weight excluding hydrogens is 256 g/mol. The van der Waals surface area contributed by atoms with Gasteiger partial charge in [-0.05, 0) is 30.7 Å². The summed E-state index contributed by atoms with van der Waals surface area (Å²) in [4.78, 5) is 22.7. The van der Waals surface area contributed by atoms with Crippen LogP contribution in [0.4, 0.5) is 0 Å². The van der Waals surface area contributed by atoms with Crippen molar-refractivity contribution in [2.24, 2.45) is 0 Å². The summed E-state index contributed by atoms with van der Waals surface area (Å²) in [5.74, 6) is -0.534. The second-order valence-electron chi connectivity index (χ2n) is 4.36. The summed E-state index contributed by atoms with van der Waals surface area (Å²) >= 11 is 0. The van der Waals surface area contributed by atoms with Crippen molar-refractivity contribution in [3.8, 4) is 5.75 Å². The summed E-state index contributed by atoms with van der Waals surface area (Å²) < 4.78 is 5.46. The Balaban J connectivity index is 2.02. The molecule has 0 unspecified atom stereocenters. The maximum absolute atomic E-state index is 11.9. The van der Waals surface area contributed by atoms with E-state index in [1.54, 1.807) is 6.07 Å². The lowest BCUT2D eigenvalue weighted by Gasteiger charge is -2.08. The van der Waals surface area contributed by atoms with E-state index in [9.17, 15) is 9.59 Å². The summed E-state index contributed by atoms with van der Waals surface area (Å²) in [7, 11) is 0. The van der Waals surface area contributed by atoms with Crippen molar-refractivity contribution in [2.45, 2.75) is 6.92 Å². The molecule has 2 aromatic carbocycles. The Morgan fingerprint density at radius 1 is 1.00 bits per heavy atom. The maximum Gasteiger partial charge on any atom is 0.335 e. The fourth-order valence-corrected chi connectivity index (χ4v) is 1.74. The number of hydrogen-bond donors (Lipinski definition) is 1. The third-order valence-electron chi connectivity index (χ3n) is 2.91. The smallest absolute Gasteiger partial charge is 0.335 e. The van der Waals surface area contributed by atoms with Gasteiger partial charge in [0.15, 0.2) is 12.4 Å². The number of rotatable bonds is 5. The Morgan fingerprint density at radius 2 is 1.60 bits per heavy atom. The van der Waals surface area contributed by atoms with Gasteiger partial charge in [-0.2, -0.15) is 0 Å². The van der Waals surface area contributed by atoms with E-state index >= 15 is 0 Å². The summed E-state index contributed by atoms with van der Waals surface area (Å²) in [5.41, 5.74) is 1.55. The number of Topliss-reactive ketones (excluding diaryl/α,β-unsaturated/α-hetero) is 1. The number of aryl methyl sites for hydroxylation is 1. The molecule has 0 aromatic heterocycles. The van der Waals surface area contributed by atoms with E-state index in [0.717, 1.165) is 5.56 Å². The van der Waals surface area contributed by atoms with Gasteiger partial charge in [-0.25, -0.2) is 4.79 Å². The third kappa shape index (κ3) is 3.23. The number of para-hydroxylation sites is 1. The van der Waals surface area contributed by atoms with Crippen LogP contribution in [-0.4, -0.2) is 23.5 Å². The van der Waals surface area contributed by atoms with Gasteiger partial charge in [-0.1, -0.05) is 30.3 Å². The minimum Gasteiger partial charge on any atom is -0.485 e. The van der Waals surface area contributed by atoms with Crippen molar-refractivity contribution in [3.63, 3.8) is 0 Å². The first-order valence-corrected chi connectivity index (χ1v) is 6.13. The highest BCUT2D eigenvalue weighted by molar-refractivity contribution is 5.98. The molecule has 2 rings (SSSR count). The van der Waals surface area contributed by atoms with Crippen LogP contribution in [0.15, 0.2) is 48.5 Å². The second kappa shape index (κ2) is 6.02. The van der Waals surface area contributed by atoms with Gasteiger partial charge in [0, 0.05) is 5.56 Å². The number of ketones is 1. The standard InChI is InChI=1S/C16H14O4/c1-11-4-2-3-5-15(11)20-10-14(17)12-6-8-13(9-7-12)16(18)19/h2-9H,10H2,1H3,(H,18,19). The van der Waals surface area contributed by atoms with E-state index in [-0.39, 0.29) is 18.0 Å². The number of carbonyl (C=O) groups is 2. The van der Waals surface area contributed by atoms with Crippen LogP contribution in [0.1, 0.15) is 26.3 Å². The monoisotopic (exact) mass is 270 g/mol. The van der Waals surface area contributed by atoms with Crippen LogP contribution in [0.2, 0.25) is 0 Å². The number of aromatic carboxylic acids is 1. The van der Waals surface area contributed by atoms with Gasteiger partial charge in [0.1, 0.15) is 5.75 Å². The molecule has 0 spiro atoms. The summed E-state index contributed by atoms with van der Waals surface area (Å²) in [6, 6.07) is 13.2. The molecule has 102 valence electrons. The van der Waals surface area contributed by atoms with E-state index in [4.69, 9.17) is 9.84 Å². The lowest BCUT2D eigenvalue weighted by atomic mass is 10.1. The van der Waals surface area contributed by atoms with Gasteiger partial charge in [0.05, 0.1) is 5.56 Å². The molecule has 0 aliphatic rings. The highest BCUT2D eigenvalue weighted by Crippen LogP contribution is 2.16. The van der Waals surface area contributed by atoms with Gasteiger partial charge < -0.3 is 9.84 Å². The van der Waals surface area contributed by atoms with Crippen molar-refractivity contribution in [1.29, 1.82) is 0 Å². The van der Waals surface area contributed by atoms with Crippen LogP contribution in [0.5, 0.6) is 5.75 Å². The quantitative estimate of drug-likeness (QED) is 0.848. The number of ether oxygens (including phenoxy) is 1. The van der Waals surface area contributed by atoms with Gasteiger partial charge >= 0.3 is 5.97 Å². The van der Waals surface area contributed by atoms with Crippen molar-refractivity contribution >= 4 is 11.8 Å². The van der Waals surface area contributed by atoms with Crippen molar-refractivity contribution in [3.05, 3.63) is 65.2 Å². The summed E-state index contributed by atoms with van der Waals surface area (Å²) in [5, 5.41) is 8.79. The van der Waals surface area contributed by atoms with Crippen molar-refractivity contribution < 1.29 is 19.4 Å². The van der Waals surface area contributed by atoms with Crippen molar-refractivity contribution in [1.82, 2.24) is 0 Å². The van der Waals surface area contributed by atoms with Crippen LogP contribution in [0, 0.1) is 6.92 Å². The average molecular weight is 270 g/mol. The van der Waals surface area contributed by atoms with Crippen LogP contribution in [0.3, 0.4) is 0 Å². The molecule has 0 bridgehead atoms. The minimum absolute atomic E-state index is 0.0722. The van der Waals surface area contributed by atoms with Gasteiger partial charge in [0.25, 0.3) is 0 Å². The van der Waals surface area contributed by atoms with Crippen LogP contribution >= 0.6 is 0 Å². The van der Waals surface area contributed by atoms with E-state index in [2.05, 4.69) is 0 Å². The van der Waals surface area contributed by atoms with Crippen molar-refractivity contribution in [2.75, 3.05) is 6.61 Å². The predicted molar refractivity (Wildman–Crippen MR) is 74.4 cm³/mol. The zero-order chi connectivity index (χ0) is 14.5. The van der Waals surface area contributed by atoms with E-state index in [1.165, 1.54) is 24.3 Å². The fourth-order valence-electron chi connectivity index (χ4n) is 1.74. The minimum atomic E-state index is -1.01. The molecule has 0 aliphatic heterocycles. The Bertz CT molecular complexity index is 629. The number of carboxylic acids is 1. The highest BCUT2D eigenvalue weighted by Gasteiger charge is 2.09. The average Bonchev–Trinajstić information content (AvgIpc) is 2.46. The Hall–Kier alpha value is -2.62. The number of hydrogen-bond acceptors (Lipinski definition) is 3. The molecule has 0 aliphatic carbocycles. The third-order valence-corrected chi connectivity index (χ3v) is 2.91. The summed E-state index contributed by atoms with van der Waals surface area (Å²) in [6.45, 7) is 1.83. The topological polar surface area (TPSA) is 63.6 Å². The summed E-state index contributed by atoms with van der Waals surface area (Å²) in [6.07, 6.45) is 0. The van der Waals surface area contributed by atoms with Crippen LogP contribution in [-0.2, 0) is 0 Å². The highest BCUT2D eigenvalue weighted by atomic mass is 16.5. The lowest BCUT2D eigenvalue weighted by Crippen LogP contribution is -2.12. The second-order valence-corrected chi connectivity index (χ2v) is 4.36. The molecule has 2 aromatic rings. The fraction of sp³-hybridized carbons (Fsp3) is 0.125. The molecule has 20 heavy (non-hydrogen) atoms. The lowest BCUT2D eigenvalue weighted by molar-refractivity contribution is 0.0696. The molecular formula is C16H14O4. The number of benzene rings is 2. The SMILES string of the molecule is Cc1ccccc1OCC(=O)c1ccc(C(=O)O)cc1. The van der Waals surface area contributed by atoms with Gasteiger partial charge in [0.2, 0.25) is 0 Å². The molecule has 0 saturated carbocycles. The molecule has 0 amide bonds. The molecule has 0 radical (unpaired) electrons. The van der Waals surface area contributed by atoms with E-state index < -0.39 is 5.97 Å². The first kappa shape index (κ1) is 13.8. The number of carboxylic acid groups (broad SMARTS) is 1. The van der Waals surface area contributed by atoms with Crippen LogP contribution < -0.4 is 4.74 Å². The largest absolute Gasteiger partial charge is 0.485 e. The molecule has 0 atom stereocenters. The zero-order valence-corrected chi connectivity index (χ0v) is 11.0. The molecule has 4 nitrogen and oxygen atoms in total. The predicted octanol–water partition coefficient (Wildman–Crippen LogP) is 2.95. The van der Waals surface area contributed by atoms with Gasteiger partial charge in [-0.15, -0.1) is 0 Å². The molecule has 4 heteroatoms. The Morgan fingerprint density at radius 3 is 2.20 bits per heavy atom. The first-order valence-electron chi connectivity index (χ1n) is 6.13. The molecule has 0 saturated heterocycles. The Labute approximate surface area is 116 Å². The maximum atomic E-state index is 11.9. The van der Waals surface area contributed by atoms with E-state index in [0.29, 0.717) is 11.3 Å². The van der Waals surface area contributed by atoms with Gasteiger partial charge in [-0.3, -0.25) is 4.79 Å². The zero-order valence-electron chi connectivity index (χ0n) is 11.0. The number of carbonyl (C=O) groups excluding carboxylic acids is 1. The van der Waals surface area contributed by atoms with Crippen LogP contribution in [0.25, 0.3) is 0 Å². The Kier molecular flexibility index (Phi) is 4.15.